The van der Waals surface area contributed by atoms with E-state index in [1.165, 1.54) is 186 Å². The molecule has 0 rings (SSSR count). The van der Waals surface area contributed by atoms with Gasteiger partial charge in [-0.25, -0.2) is 0 Å². The van der Waals surface area contributed by atoms with Gasteiger partial charge in [0.05, 0.1) is 0 Å². The molecule has 0 radical (unpaired) electrons. The molecular formula is C77H130O6. The molecule has 0 aromatic rings. The van der Waals surface area contributed by atoms with Gasteiger partial charge in [0.15, 0.2) is 6.10 Å². The summed E-state index contributed by atoms with van der Waals surface area (Å²) in [6.07, 6.45) is 98.0. The number of rotatable bonds is 63. The Morgan fingerprint density at radius 2 is 0.482 bits per heavy atom. The zero-order valence-corrected chi connectivity index (χ0v) is 54.4. The maximum atomic E-state index is 12.9. The van der Waals surface area contributed by atoms with E-state index in [2.05, 4.69) is 142 Å². The van der Waals surface area contributed by atoms with Crippen LogP contribution in [0.5, 0.6) is 0 Å². The van der Waals surface area contributed by atoms with E-state index in [0.29, 0.717) is 19.3 Å². The second kappa shape index (κ2) is 70.3. The summed E-state index contributed by atoms with van der Waals surface area (Å²) in [5.74, 6) is -0.955. The standard InChI is InChI=1S/C77H130O6/c1-4-7-10-13-16-19-22-25-28-31-33-34-35-36-37-38-39-40-41-42-44-46-49-52-55-58-61-64-67-70-76(79)82-73-74(72-81-75(78)69-66-63-60-57-54-51-48-45-30-27-24-21-18-15-12-9-6-3)83-77(80)71-68-65-62-59-56-53-50-47-43-32-29-26-23-20-17-14-11-8-5-2/h9,12,17-18,20-22,25-27,29-31,33,35-36,48,51,57,60,74H,4-8,10-11,13-16,19,23-24,28,32,34,37-47,49-50,52-56,58-59,61-73H2,1-3H3/b12-9-,20-17-,21-18-,25-22-,29-26-,30-27-,33-31-,36-35-,51-48-,60-57-. The summed E-state index contributed by atoms with van der Waals surface area (Å²) in [7, 11) is 0. The van der Waals surface area contributed by atoms with Crippen LogP contribution in [0.4, 0.5) is 0 Å². The van der Waals surface area contributed by atoms with E-state index in [1.807, 2.05) is 0 Å². The van der Waals surface area contributed by atoms with Crippen LogP contribution in [0.2, 0.25) is 0 Å². The second-order valence-corrected chi connectivity index (χ2v) is 23.1. The third kappa shape index (κ3) is 68.5. The number of carbonyl (C=O) groups excluding carboxylic acids is 3. The van der Waals surface area contributed by atoms with Crippen molar-refractivity contribution in [2.75, 3.05) is 13.2 Å². The lowest BCUT2D eigenvalue weighted by molar-refractivity contribution is -0.167. The monoisotopic (exact) mass is 1150 g/mol. The van der Waals surface area contributed by atoms with Crippen LogP contribution >= 0.6 is 0 Å². The van der Waals surface area contributed by atoms with Crippen LogP contribution < -0.4 is 0 Å². The lowest BCUT2D eigenvalue weighted by Crippen LogP contribution is -2.30. The maximum absolute atomic E-state index is 12.9. The molecule has 6 heteroatoms. The number of allylic oxidation sites excluding steroid dienone is 20. The Kier molecular flexibility index (Phi) is 66.7. The van der Waals surface area contributed by atoms with Crippen LogP contribution in [0.15, 0.2) is 122 Å². The molecule has 0 aromatic carbocycles. The maximum Gasteiger partial charge on any atom is 0.306 e. The van der Waals surface area contributed by atoms with E-state index < -0.39 is 6.10 Å². The van der Waals surface area contributed by atoms with Gasteiger partial charge in [0.25, 0.3) is 0 Å². The van der Waals surface area contributed by atoms with Crippen molar-refractivity contribution in [3.63, 3.8) is 0 Å². The third-order valence-corrected chi connectivity index (χ3v) is 14.9. The second-order valence-electron chi connectivity index (χ2n) is 23.1. The third-order valence-electron chi connectivity index (χ3n) is 14.9. The van der Waals surface area contributed by atoms with Gasteiger partial charge in [-0.2, -0.15) is 0 Å². The molecule has 0 aliphatic heterocycles. The first kappa shape index (κ1) is 78.8. The Morgan fingerprint density at radius 3 is 0.807 bits per heavy atom. The molecule has 1 unspecified atom stereocenters. The van der Waals surface area contributed by atoms with Crippen LogP contribution in [-0.4, -0.2) is 37.2 Å². The molecule has 0 amide bonds. The van der Waals surface area contributed by atoms with E-state index in [1.54, 1.807) is 0 Å². The molecule has 0 heterocycles. The van der Waals surface area contributed by atoms with Crippen molar-refractivity contribution in [3.05, 3.63) is 122 Å². The fourth-order valence-electron chi connectivity index (χ4n) is 9.69. The van der Waals surface area contributed by atoms with Gasteiger partial charge in [0.1, 0.15) is 13.2 Å². The highest BCUT2D eigenvalue weighted by Crippen LogP contribution is 2.16. The smallest absolute Gasteiger partial charge is 0.306 e. The first-order chi connectivity index (χ1) is 41.0. The fraction of sp³-hybridized carbons (Fsp3) is 0.701. The van der Waals surface area contributed by atoms with Gasteiger partial charge in [0, 0.05) is 19.3 Å². The van der Waals surface area contributed by atoms with Gasteiger partial charge in [0.2, 0.25) is 0 Å². The molecule has 0 fully saturated rings. The molecule has 0 aliphatic rings. The first-order valence-electron chi connectivity index (χ1n) is 35.0. The van der Waals surface area contributed by atoms with Crippen molar-refractivity contribution in [1.82, 2.24) is 0 Å². The summed E-state index contributed by atoms with van der Waals surface area (Å²) in [6.45, 7) is 6.47. The minimum atomic E-state index is -0.808. The molecule has 0 saturated heterocycles. The summed E-state index contributed by atoms with van der Waals surface area (Å²) < 4.78 is 16.9. The largest absolute Gasteiger partial charge is 0.462 e. The highest BCUT2D eigenvalue weighted by atomic mass is 16.6. The van der Waals surface area contributed by atoms with Crippen molar-refractivity contribution in [1.29, 1.82) is 0 Å². The number of unbranched alkanes of at least 4 members (excludes halogenated alkanes) is 32. The molecule has 0 saturated carbocycles. The lowest BCUT2D eigenvalue weighted by atomic mass is 10.0. The Hall–Kier alpha value is -4.19. The van der Waals surface area contributed by atoms with Gasteiger partial charge in [-0.3, -0.25) is 14.4 Å². The van der Waals surface area contributed by atoms with Crippen LogP contribution in [0.25, 0.3) is 0 Å². The van der Waals surface area contributed by atoms with E-state index >= 15 is 0 Å². The average molecular weight is 1150 g/mol. The molecular weight excluding hydrogens is 1020 g/mol. The zero-order valence-electron chi connectivity index (χ0n) is 54.4. The summed E-state index contributed by atoms with van der Waals surface area (Å²) in [6, 6.07) is 0. The first-order valence-corrected chi connectivity index (χ1v) is 35.0. The zero-order chi connectivity index (χ0) is 59.9. The van der Waals surface area contributed by atoms with Crippen molar-refractivity contribution in [2.45, 2.75) is 335 Å². The highest BCUT2D eigenvalue weighted by molar-refractivity contribution is 5.71. The molecule has 1 atom stereocenters. The number of esters is 3. The molecule has 6 nitrogen and oxygen atoms in total. The molecule has 0 aromatic heterocycles. The van der Waals surface area contributed by atoms with Crippen molar-refractivity contribution >= 4 is 17.9 Å². The topological polar surface area (TPSA) is 78.9 Å². The summed E-state index contributed by atoms with van der Waals surface area (Å²) in [5.41, 5.74) is 0. The molecule has 0 bridgehead atoms. The van der Waals surface area contributed by atoms with Crippen LogP contribution in [0, 0.1) is 0 Å². The van der Waals surface area contributed by atoms with Crippen molar-refractivity contribution in [3.8, 4) is 0 Å². The Labute approximate surface area is 513 Å². The summed E-state index contributed by atoms with van der Waals surface area (Å²) >= 11 is 0. The number of hydrogen-bond acceptors (Lipinski definition) is 6. The molecule has 0 spiro atoms. The van der Waals surface area contributed by atoms with Gasteiger partial charge >= 0.3 is 17.9 Å². The summed E-state index contributed by atoms with van der Waals surface area (Å²) in [4.78, 5) is 38.4. The van der Waals surface area contributed by atoms with E-state index in [9.17, 15) is 14.4 Å². The average Bonchev–Trinajstić information content (AvgIpc) is 3.50. The quantitative estimate of drug-likeness (QED) is 0.0261. The Morgan fingerprint density at radius 1 is 0.253 bits per heavy atom. The highest BCUT2D eigenvalue weighted by Gasteiger charge is 2.19. The summed E-state index contributed by atoms with van der Waals surface area (Å²) in [5, 5.41) is 0. The predicted molar refractivity (Wildman–Crippen MR) is 362 cm³/mol. The van der Waals surface area contributed by atoms with Crippen LogP contribution in [0.1, 0.15) is 329 Å². The number of hydrogen-bond donors (Lipinski definition) is 0. The molecule has 0 N–H and O–H groups in total. The van der Waals surface area contributed by atoms with E-state index in [-0.39, 0.29) is 37.5 Å². The lowest BCUT2D eigenvalue weighted by Gasteiger charge is -2.18. The van der Waals surface area contributed by atoms with Crippen LogP contribution in [-0.2, 0) is 28.6 Å². The van der Waals surface area contributed by atoms with Gasteiger partial charge in [-0.15, -0.1) is 0 Å². The number of carbonyl (C=O) groups is 3. The van der Waals surface area contributed by atoms with Gasteiger partial charge in [-0.1, -0.05) is 303 Å². The number of ether oxygens (including phenoxy) is 3. The minimum Gasteiger partial charge on any atom is -0.462 e. The fourth-order valence-corrected chi connectivity index (χ4v) is 9.69. The normalized spacial score (nSPS) is 12.9. The van der Waals surface area contributed by atoms with Crippen molar-refractivity contribution < 1.29 is 28.6 Å². The van der Waals surface area contributed by atoms with E-state index in [4.69, 9.17) is 14.2 Å². The van der Waals surface area contributed by atoms with Gasteiger partial charge in [-0.05, 0) is 128 Å². The van der Waals surface area contributed by atoms with Crippen molar-refractivity contribution in [2.24, 2.45) is 0 Å². The Balaban J connectivity index is 4.36. The van der Waals surface area contributed by atoms with E-state index in [0.717, 1.165) is 96.3 Å². The Bertz CT molecular complexity index is 1700. The predicted octanol–water partition coefficient (Wildman–Crippen LogP) is 24.3. The SMILES string of the molecule is CC/C=C\C/C=C\C/C=C\C/C=C\C/C=C\CCCC(=O)OCC(COC(=O)CCCCCCCCCCCCCCCC/C=C\C/C=C\C/C=C\CCCCCCC)OC(=O)CCCCCCCCCCC/C=C\C/C=C\CCCCC. The van der Waals surface area contributed by atoms with Crippen LogP contribution in [0.3, 0.4) is 0 Å². The molecule has 474 valence electrons. The minimum absolute atomic E-state index is 0.0986. The van der Waals surface area contributed by atoms with Gasteiger partial charge < -0.3 is 14.2 Å². The molecule has 0 aliphatic carbocycles. The molecule has 83 heavy (non-hydrogen) atoms.